The smallest absolute Gasteiger partial charge is 0.167 e. The zero-order valence-electron chi connectivity index (χ0n) is 10.1. The lowest BCUT2D eigenvalue weighted by molar-refractivity contribution is 0.0992. The normalized spacial score (nSPS) is 10.5. The Balaban J connectivity index is 2.23. The van der Waals surface area contributed by atoms with E-state index in [1.807, 2.05) is 0 Å². The van der Waals surface area contributed by atoms with Gasteiger partial charge >= 0.3 is 0 Å². The van der Waals surface area contributed by atoms with E-state index >= 15 is 0 Å². The van der Waals surface area contributed by atoms with Crippen molar-refractivity contribution in [1.29, 1.82) is 0 Å². The molecule has 3 nitrogen and oxygen atoms in total. The molecule has 0 saturated heterocycles. The molecule has 0 aliphatic carbocycles. The number of nitrogens with zero attached hydrogens (tertiary/aromatic N) is 1. The Labute approximate surface area is 118 Å². The molecule has 0 bridgehead atoms. The van der Waals surface area contributed by atoms with Crippen LogP contribution in [0.25, 0.3) is 0 Å². The number of halogens is 2. The van der Waals surface area contributed by atoms with Gasteiger partial charge in [0.05, 0.1) is 10.2 Å². The minimum Gasteiger partial charge on any atom is -0.325 e. The molecule has 1 aromatic carbocycles. The van der Waals surface area contributed by atoms with Crippen LogP contribution in [0.1, 0.15) is 21.6 Å². The predicted octanol–water partition coefficient (Wildman–Crippen LogP) is 2.87. The van der Waals surface area contributed by atoms with Gasteiger partial charge in [-0.2, -0.15) is 0 Å². The van der Waals surface area contributed by atoms with Crippen molar-refractivity contribution in [3.05, 3.63) is 63.6 Å². The van der Waals surface area contributed by atoms with Crippen LogP contribution in [0.3, 0.4) is 0 Å². The Hall–Kier alpha value is -1.59. The molecule has 0 unspecified atom stereocenters. The highest BCUT2D eigenvalue weighted by Gasteiger charge is 2.12. The first kappa shape index (κ1) is 13.8. The summed E-state index contributed by atoms with van der Waals surface area (Å²) in [5.74, 6) is -0.467. The molecule has 19 heavy (non-hydrogen) atoms. The van der Waals surface area contributed by atoms with E-state index in [0.717, 1.165) is 0 Å². The first-order valence-corrected chi connectivity index (χ1v) is 6.52. The molecule has 1 heterocycles. The van der Waals surface area contributed by atoms with Crippen LogP contribution in [0.4, 0.5) is 4.39 Å². The Kier molecular flexibility index (Phi) is 4.39. The van der Waals surface area contributed by atoms with Gasteiger partial charge in [0.1, 0.15) is 5.82 Å². The third-order valence-corrected chi connectivity index (χ3v) is 3.62. The number of carbonyl (C=O) groups excluding carboxylic acids is 1. The number of aromatic nitrogens is 1. The van der Waals surface area contributed by atoms with Gasteiger partial charge in [-0.15, -0.1) is 0 Å². The molecule has 0 amide bonds. The van der Waals surface area contributed by atoms with Gasteiger partial charge in [0.25, 0.3) is 0 Å². The highest BCUT2D eigenvalue weighted by molar-refractivity contribution is 9.10. The SMILES string of the molecule is NCc1cc(C(=O)Cc2cccc(F)c2Br)ccn1. The fraction of sp³-hybridized carbons (Fsp3) is 0.143. The van der Waals surface area contributed by atoms with Crippen molar-refractivity contribution in [2.24, 2.45) is 5.73 Å². The van der Waals surface area contributed by atoms with Crippen molar-refractivity contribution in [2.75, 3.05) is 0 Å². The van der Waals surface area contributed by atoms with E-state index in [1.54, 1.807) is 30.5 Å². The number of pyridine rings is 1. The van der Waals surface area contributed by atoms with Crippen molar-refractivity contribution in [3.8, 4) is 0 Å². The Morgan fingerprint density at radius 3 is 2.89 bits per heavy atom. The number of hydrogen-bond acceptors (Lipinski definition) is 3. The van der Waals surface area contributed by atoms with Crippen molar-refractivity contribution >= 4 is 21.7 Å². The minimum atomic E-state index is -0.373. The number of Topliss-reactive ketones (excluding diaryl/α,β-unsaturated/α-hetero) is 1. The van der Waals surface area contributed by atoms with E-state index in [-0.39, 0.29) is 24.6 Å². The molecule has 0 radical (unpaired) electrons. The van der Waals surface area contributed by atoms with Gasteiger partial charge in [0.15, 0.2) is 5.78 Å². The van der Waals surface area contributed by atoms with Gasteiger partial charge in [-0.25, -0.2) is 4.39 Å². The van der Waals surface area contributed by atoms with Gasteiger partial charge in [0, 0.05) is 24.7 Å². The van der Waals surface area contributed by atoms with E-state index in [0.29, 0.717) is 21.3 Å². The summed E-state index contributed by atoms with van der Waals surface area (Å²) in [7, 11) is 0. The van der Waals surface area contributed by atoms with Gasteiger partial charge in [0.2, 0.25) is 0 Å². The molecule has 1 aromatic heterocycles. The highest BCUT2D eigenvalue weighted by atomic mass is 79.9. The molecule has 2 rings (SSSR count). The standard InChI is InChI=1S/C14H12BrFN2O/c15-14-10(2-1-3-12(14)16)7-13(19)9-4-5-18-11(6-9)8-17/h1-6H,7-8,17H2. The molecule has 5 heteroatoms. The maximum Gasteiger partial charge on any atom is 0.167 e. The number of hydrogen-bond donors (Lipinski definition) is 1. The first-order valence-electron chi connectivity index (χ1n) is 5.73. The predicted molar refractivity (Wildman–Crippen MR) is 74.3 cm³/mol. The van der Waals surface area contributed by atoms with Crippen LogP contribution in [0, 0.1) is 5.82 Å². The van der Waals surface area contributed by atoms with E-state index in [2.05, 4.69) is 20.9 Å². The first-order chi connectivity index (χ1) is 9.11. The minimum absolute atomic E-state index is 0.0941. The number of nitrogens with two attached hydrogens (primary N) is 1. The van der Waals surface area contributed by atoms with Crippen LogP contribution in [0.15, 0.2) is 41.0 Å². The van der Waals surface area contributed by atoms with Crippen molar-refractivity contribution in [3.63, 3.8) is 0 Å². The molecule has 0 aliphatic rings. The lowest BCUT2D eigenvalue weighted by Crippen LogP contribution is -2.07. The Bertz CT molecular complexity index is 616. The molecule has 0 spiro atoms. The second-order valence-corrected chi connectivity index (χ2v) is 4.85. The zero-order chi connectivity index (χ0) is 13.8. The molecule has 0 fully saturated rings. The second-order valence-electron chi connectivity index (χ2n) is 4.05. The largest absolute Gasteiger partial charge is 0.325 e. The quantitative estimate of drug-likeness (QED) is 0.880. The Morgan fingerprint density at radius 2 is 2.16 bits per heavy atom. The van der Waals surface area contributed by atoms with Crippen molar-refractivity contribution in [1.82, 2.24) is 4.98 Å². The van der Waals surface area contributed by atoms with Crippen LogP contribution >= 0.6 is 15.9 Å². The molecular weight excluding hydrogens is 311 g/mol. The molecule has 98 valence electrons. The number of benzene rings is 1. The number of ketones is 1. The van der Waals surface area contributed by atoms with Gasteiger partial charge < -0.3 is 5.73 Å². The number of rotatable bonds is 4. The lowest BCUT2D eigenvalue weighted by atomic mass is 10.0. The summed E-state index contributed by atoms with van der Waals surface area (Å²) in [6, 6.07) is 7.94. The van der Waals surface area contributed by atoms with Crippen molar-refractivity contribution < 1.29 is 9.18 Å². The lowest BCUT2D eigenvalue weighted by Gasteiger charge is -2.05. The maximum absolute atomic E-state index is 13.4. The summed E-state index contributed by atoms with van der Waals surface area (Å²) < 4.78 is 13.7. The summed E-state index contributed by atoms with van der Waals surface area (Å²) >= 11 is 3.15. The molecular formula is C14H12BrFN2O. The van der Waals surface area contributed by atoms with Crippen LogP contribution in [-0.4, -0.2) is 10.8 Å². The molecule has 2 N–H and O–H groups in total. The summed E-state index contributed by atoms with van der Waals surface area (Å²) in [6.45, 7) is 0.283. The monoisotopic (exact) mass is 322 g/mol. The summed E-state index contributed by atoms with van der Waals surface area (Å²) in [6.07, 6.45) is 1.68. The third kappa shape index (κ3) is 3.24. The summed E-state index contributed by atoms with van der Waals surface area (Å²) in [5.41, 5.74) is 7.30. The average Bonchev–Trinajstić information content (AvgIpc) is 2.44. The van der Waals surface area contributed by atoms with Crippen molar-refractivity contribution in [2.45, 2.75) is 13.0 Å². The molecule has 0 atom stereocenters. The van der Waals surface area contributed by atoms with E-state index < -0.39 is 0 Å². The van der Waals surface area contributed by atoms with Gasteiger partial charge in [-0.05, 0) is 39.7 Å². The third-order valence-electron chi connectivity index (χ3n) is 2.73. The fourth-order valence-electron chi connectivity index (χ4n) is 1.72. The van der Waals surface area contributed by atoms with E-state index in [9.17, 15) is 9.18 Å². The molecule has 0 aliphatic heterocycles. The van der Waals surface area contributed by atoms with Crippen LogP contribution in [0.5, 0.6) is 0 Å². The van der Waals surface area contributed by atoms with Gasteiger partial charge in [-0.1, -0.05) is 12.1 Å². The zero-order valence-corrected chi connectivity index (χ0v) is 11.7. The number of carbonyl (C=O) groups is 1. The van der Waals surface area contributed by atoms with E-state index in [4.69, 9.17) is 5.73 Å². The second kappa shape index (κ2) is 6.04. The molecule has 0 saturated carbocycles. The van der Waals surface area contributed by atoms with Gasteiger partial charge in [-0.3, -0.25) is 9.78 Å². The Morgan fingerprint density at radius 1 is 1.37 bits per heavy atom. The van der Waals surface area contributed by atoms with Crippen LogP contribution < -0.4 is 5.73 Å². The highest BCUT2D eigenvalue weighted by Crippen LogP contribution is 2.22. The average molecular weight is 323 g/mol. The summed E-state index contributed by atoms with van der Waals surface area (Å²) in [4.78, 5) is 16.2. The summed E-state index contributed by atoms with van der Waals surface area (Å²) in [5, 5.41) is 0. The molecule has 2 aromatic rings. The maximum atomic E-state index is 13.4. The van der Waals surface area contributed by atoms with E-state index in [1.165, 1.54) is 6.07 Å². The fourth-order valence-corrected chi connectivity index (χ4v) is 2.13. The topological polar surface area (TPSA) is 56.0 Å². The van der Waals surface area contributed by atoms with Crippen LogP contribution in [0.2, 0.25) is 0 Å². The van der Waals surface area contributed by atoms with Crippen LogP contribution in [-0.2, 0) is 13.0 Å².